The molecule has 8 heteroatoms. The van der Waals surface area contributed by atoms with Crippen molar-refractivity contribution in [3.8, 4) is 17.3 Å². The van der Waals surface area contributed by atoms with Crippen LogP contribution in [-0.4, -0.2) is 32.4 Å². The third kappa shape index (κ3) is 2.15. The van der Waals surface area contributed by atoms with Crippen LogP contribution in [0.1, 0.15) is 6.92 Å². The van der Waals surface area contributed by atoms with Gasteiger partial charge in [0.05, 0.1) is 12.8 Å². The van der Waals surface area contributed by atoms with E-state index in [0.29, 0.717) is 29.3 Å². The first kappa shape index (κ1) is 13.6. The molecule has 3 heterocycles. The van der Waals surface area contributed by atoms with Crippen LogP contribution in [0.5, 0.6) is 5.75 Å². The average molecular weight is 332 g/mol. The number of thioether (sulfide) groups is 1. The van der Waals surface area contributed by atoms with Crippen LogP contribution in [0, 0.1) is 0 Å². The van der Waals surface area contributed by atoms with E-state index in [4.69, 9.17) is 9.15 Å². The number of oxazole rings is 1. The molecule has 0 bridgehead atoms. The first-order chi connectivity index (χ1) is 10.8. The fourth-order valence-electron chi connectivity index (χ4n) is 2.17. The number of para-hydroxylation sites is 1. The van der Waals surface area contributed by atoms with Gasteiger partial charge in [-0.25, -0.2) is 14.5 Å². The standard InChI is InChI=1S/C14H12N4O2S2/c1-3-19-9-5-4-6-10-11(9)16-12(20-10)8-7-18-13(15-8)22-14(17-18)21-2/h4-7H,3H2,1-2H3. The summed E-state index contributed by atoms with van der Waals surface area (Å²) in [5, 5.41) is 4.42. The Hall–Kier alpha value is -2.06. The summed E-state index contributed by atoms with van der Waals surface area (Å²) in [4.78, 5) is 9.88. The highest BCUT2D eigenvalue weighted by Gasteiger charge is 2.16. The maximum atomic E-state index is 5.80. The number of ether oxygens (including phenoxy) is 1. The molecule has 0 atom stereocenters. The van der Waals surface area contributed by atoms with E-state index in [1.165, 1.54) is 0 Å². The molecule has 0 fully saturated rings. The fourth-order valence-corrected chi connectivity index (χ4v) is 3.51. The minimum absolute atomic E-state index is 0.477. The summed E-state index contributed by atoms with van der Waals surface area (Å²) in [6.45, 7) is 2.53. The molecule has 1 aromatic carbocycles. The van der Waals surface area contributed by atoms with E-state index in [9.17, 15) is 0 Å². The van der Waals surface area contributed by atoms with Crippen molar-refractivity contribution < 1.29 is 9.15 Å². The van der Waals surface area contributed by atoms with Gasteiger partial charge in [-0.15, -0.1) is 5.10 Å². The first-order valence-electron chi connectivity index (χ1n) is 6.71. The van der Waals surface area contributed by atoms with E-state index in [2.05, 4.69) is 15.1 Å². The molecular formula is C14H12N4O2S2. The van der Waals surface area contributed by atoms with Gasteiger partial charge in [0, 0.05) is 0 Å². The van der Waals surface area contributed by atoms with Crippen molar-refractivity contribution in [2.45, 2.75) is 11.3 Å². The van der Waals surface area contributed by atoms with Crippen molar-refractivity contribution in [2.75, 3.05) is 12.9 Å². The smallest absolute Gasteiger partial charge is 0.248 e. The summed E-state index contributed by atoms with van der Waals surface area (Å²) < 4.78 is 14.1. The zero-order valence-electron chi connectivity index (χ0n) is 11.9. The molecule has 112 valence electrons. The molecule has 4 aromatic rings. The van der Waals surface area contributed by atoms with Crippen molar-refractivity contribution in [3.05, 3.63) is 24.4 Å². The highest BCUT2D eigenvalue weighted by atomic mass is 32.2. The molecule has 0 amide bonds. The van der Waals surface area contributed by atoms with Crippen molar-refractivity contribution in [2.24, 2.45) is 0 Å². The summed E-state index contributed by atoms with van der Waals surface area (Å²) >= 11 is 3.14. The van der Waals surface area contributed by atoms with Gasteiger partial charge in [0.2, 0.25) is 10.9 Å². The molecule has 4 rings (SSSR count). The Labute approximate surface area is 134 Å². The predicted molar refractivity (Wildman–Crippen MR) is 86.8 cm³/mol. The maximum absolute atomic E-state index is 5.80. The molecule has 0 N–H and O–H groups in total. The molecule has 0 saturated carbocycles. The first-order valence-corrected chi connectivity index (χ1v) is 8.75. The Morgan fingerprint density at radius 1 is 1.36 bits per heavy atom. The SMILES string of the molecule is CCOc1cccc2oc(-c3cn4nc(SC)sc4n3)nc12. The molecule has 0 spiro atoms. The summed E-state index contributed by atoms with van der Waals surface area (Å²) in [6, 6.07) is 5.65. The quantitative estimate of drug-likeness (QED) is 0.531. The fraction of sp³-hybridized carbons (Fsp3) is 0.214. The molecule has 0 aliphatic carbocycles. The van der Waals surface area contributed by atoms with Gasteiger partial charge in [-0.05, 0) is 25.3 Å². The maximum Gasteiger partial charge on any atom is 0.248 e. The summed E-state index contributed by atoms with van der Waals surface area (Å²) in [5.41, 5.74) is 2.08. The molecule has 6 nitrogen and oxygen atoms in total. The van der Waals surface area contributed by atoms with Gasteiger partial charge in [0.1, 0.15) is 11.4 Å². The second-order valence-corrected chi connectivity index (χ2v) is 6.49. The van der Waals surface area contributed by atoms with Crippen molar-refractivity contribution in [1.82, 2.24) is 19.6 Å². The Kier molecular flexibility index (Phi) is 3.27. The lowest BCUT2D eigenvalue weighted by molar-refractivity contribution is 0.343. The van der Waals surface area contributed by atoms with Gasteiger partial charge in [0.25, 0.3) is 0 Å². The van der Waals surface area contributed by atoms with E-state index in [-0.39, 0.29) is 0 Å². The summed E-state index contributed by atoms with van der Waals surface area (Å²) in [5.74, 6) is 1.20. The molecule has 0 radical (unpaired) electrons. The van der Waals surface area contributed by atoms with Gasteiger partial charge in [0.15, 0.2) is 15.4 Å². The number of aromatic nitrogens is 4. The van der Waals surface area contributed by atoms with E-state index >= 15 is 0 Å². The van der Waals surface area contributed by atoms with Crippen LogP contribution >= 0.6 is 23.1 Å². The molecule has 0 unspecified atom stereocenters. The molecule has 3 aromatic heterocycles. The third-order valence-corrected chi connectivity index (χ3v) is 5.00. The van der Waals surface area contributed by atoms with E-state index in [1.807, 2.05) is 37.6 Å². The lowest BCUT2D eigenvalue weighted by Gasteiger charge is -2.01. The summed E-state index contributed by atoms with van der Waals surface area (Å²) in [7, 11) is 0. The van der Waals surface area contributed by atoms with E-state index in [1.54, 1.807) is 27.6 Å². The zero-order chi connectivity index (χ0) is 15.1. The minimum Gasteiger partial charge on any atom is -0.491 e. The van der Waals surface area contributed by atoms with Crippen LogP contribution in [-0.2, 0) is 0 Å². The zero-order valence-corrected chi connectivity index (χ0v) is 13.6. The Bertz CT molecular complexity index is 925. The van der Waals surface area contributed by atoms with Crippen LogP contribution in [0.2, 0.25) is 0 Å². The van der Waals surface area contributed by atoms with Crippen LogP contribution in [0.3, 0.4) is 0 Å². The number of fused-ring (bicyclic) bond motifs is 2. The van der Waals surface area contributed by atoms with Gasteiger partial charge >= 0.3 is 0 Å². The predicted octanol–water partition coefficient (Wildman–Crippen LogP) is 3.72. The number of hydrogen-bond acceptors (Lipinski definition) is 7. The number of hydrogen-bond donors (Lipinski definition) is 0. The number of benzene rings is 1. The molecule has 0 aliphatic heterocycles. The second kappa shape index (κ2) is 5.29. The van der Waals surface area contributed by atoms with Gasteiger partial charge in [-0.1, -0.05) is 29.2 Å². The topological polar surface area (TPSA) is 65.5 Å². The van der Waals surface area contributed by atoms with Crippen LogP contribution < -0.4 is 4.74 Å². The Morgan fingerprint density at radius 3 is 3.05 bits per heavy atom. The monoisotopic (exact) mass is 332 g/mol. The average Bonchev–Trinajstić information content (AvgIpc) is 3.19. The molecular weight excluding hydrogens is 320 g/mol. The van der Waals surface area contributed by atoms with Gasteiger partial charge in [-0.3, -0.25) is 0 Å². The second-order valence-electron chi connectivity index (χ2n) is 4.48. The Balaban J connectivity index is 1.81. The van der Waals surface area contributed by atoms with Crippen molar-refractivity contribution in [3.63, 3.8) is 0 Å². The van der Waals surface area contributed by atoms with E-state index < -0.39 is 0 Å². The lowest BCUT2D eigenvalue weighted by atomic mass is 10.3. The molecule has 22 heavy (non-hydrogen) atoms. The highest BCUT2D eigenvalue weighted by molar-refractivity contribution is 8.00. The van der Waals surface area contributed by atoms with Gasteiger partial charge < -0.3 is 9.15 Å². The molecule has 0 aliphatic rings. The lowest BCUT2D eigenvalue weighted by Crippen LogP contribution is -1.91. The van der Waals surface area contributed by atoms with Crippen molar-refractivity contribution >= 4 is 39.2 Å². The number of imidazole rings is 1. The minimum atomic E-state index is 0.477. The molecule has 0 saturated heterocycles. The van der Waals surface area contributed by atoms with Crippen molar-refractivity contribution in [1.29, 1.82) is 0 Å². The number of nitrogens with zero attached hydrogens (tertiary/aromatic N) is 4. The highest BCUT2D eigenvalue weighted by Crippen LogP contribution is 2.31. The normalized spacial score (nSPS) is 11.5. The number of rotatable bonds is 4. The van der Waals surface area contributed by atoms with Crippen LogP contribution in [0.25, 0.3) is 27.6 Å². The van der Waals surface area contributed by atoms with Crippen LogP contribution in [0.15, 0.2) is 33.2 Å². The largest absolute Gasteiger partial charge is 0.491 e. The Morgan fingerprint density at radius 2 is 2.27 bits per heavy atom. The summed E-state index contributed by atoms with van der Waals surface area (Å²) in [6.07, 6.45) is 3.83. The van der Waals surface area contributed by atoms with Crippen LogP contribution in [0.4, 0.5) is 0 Å². The third-order valence-electron chi connectivity index (χ3n) is 3.10. The van der Waals surface area contributed by atoms with E-state index in [0.717, 1.165) is 15.1 Å². The van der Waals surface area contributed by atoms with Gasteiger partial charge in [-0.2, -0.15) is 0 Å².